The average Bonchev–Trinajstić information content (AvgIpc) is 3.26. The number of nitrogens with zero attached hydrogens (tertiary/aromatic N) is 3. The summed E-state index contributed by atoms with van der Waals surface area (Å²) in [5.74, 6) is -0.0919. The van der Waals surface area contributed by atoms with Crippen LogP contribution in [0.2, 0.25) is 0 Å². The molecule has 0 bridgehead atoms. The molecule has 0 unspecified atom stereocenters. The molecule has 0 radical (unpaired) electrons. The summed E-state index contributed by atoms with van der Waals surface area (Å²) in [5.41, 5.74) is 2.49. The lowest BCUT2D eigenvalue weighted by Gasteiger charge is -2.24. The summed E-state index contributed by atoms with van der Waals surface area (Å²) in [6.45, 7) is 5.41. The number of rotatable bonds is 8. The van der Waals surface area contributed by atoms with Crippen molar-refractivity contribution in [3.63, 3.8) is 0 Å². The van der Waals surface area contributed by atoms with Crippen LogP contribution in [0.5, 0.6) is 5.75 Å². The number of nitro groups is 1. The average molecular weight is 727 g/mol. The molecule has 0 spiro atoms. The van der Waals surface area contributed by atoms with Crippen LogP contribution in [0.1, 0.15) is 42.1 Å². The Labute approximate surface area is 267 Å². The Hall–Kier alpha value is -3.87. The van der Waals surface area contributed by atoms with Gasteiger partial charge in [-0.2, -0.15) is 0 Å². The van der Waals surface area contributed by atoms with E-state index in [9.17, 15) is 19.7 Å². The molecule has 5 rings (SSSR count). The number of carbonyl (C=O) groups is 1. The van der Waals surface area contributed by atoms with Crippen molar-refractivity contribution in [1.29, 1.82) is 0 Å². The fraction of sp³-hybridized carbons (Fsp3) is 0.194. The summed E-state index contributed by atoms with van der Waals surface area (Å²) in [4.78, 5) is 43.5. The number of hydrogen-bond acceptors (Lipinski definition) is 8. The molecule has 43 heavy (non-hydrogen) atoms. The predicted octanol–water partition coefficient (Wildman–Crippen LogP) is 6.12. The third kappa shape index (κ3) is 6.27. The number of allylic oxidation sites excluding steroid dienone is 1. The lowest BCUT2D eigenvalue weighted by molar-refractivity contribution is -0.385. The first kappa shape index (κ1) is 30.6. The highest BCUT2D eigenvalue weighted by atomic mass is 79.9. The van der Waals surface area contributed by atoms with E-state index in [-0.39, 0.29) is 17.9 Å². The SMILES string of the molecule is CCOC(=O)C1=C(C)N=c2s/c(=C/c3cc(Br)cc(Br)c3OCc3ccccc3)c(=O)n2[C@H]1c1ccc(C)c([N+](=O)[O-])c1. The van der Waals surface area contributed by atoms with Crippen molar-refractivity contribution >= 4 is 60.9 Å². The van der Waals surface area contributed by atoms with Crippen molar-refractivity contribution in [2.45, 2.75) is 33.4 Å². The Balaban J connectivity index is 1.69. The third-order valence-corrected chi connectivity index (χ3v) is 8.84. The van der Waals surface area contributed by atoms with Crippen LogP contribution < -0.4 is 19.6 Å². The topological polar surface area (TPSA) is 113 Å². The fourth-order valence-electron chi connectivity index (χ4n) is 4.81. The van der Waals surface area contributed by atoms with Crippen LogP contribution in [-0.4, -0.2) is 22.1 Å². The van der Waals surface area contributed by atoms with Crippen LogP contribution in [0.15, 0.2) is 90.7 Å². The van der Waals surface area contributed by atoms with Crippen molar-refractivity contribution in [1.82, 2.24) is 4.57 Å². The highest BCUT2D eigenvalue weighted by molar-refractivity contribution is 9.11. The van der Waals surface area contributed by atoms with Crippen LogP contribution in [0.4, 0.5) is 5.69 Å². The number of aromatic nitrogens is 1. The second-order valence-electron chi connectivity index (χ2n) is 9.69. The molecule has 220 valence electrons. The number of thiazole rings is 1. The van der Waals surface area contributed by atoms with Crippen LogP contribution in [-0.2, 0) is 16.1 Å². The van der Waals surface area contributed by atoms with Crippen LogP contribution in [0.25, 0.3) is 6.08 Å². The molecule has 0 amide bonds. The number of fused-ring (bicyclic) bond motifs is 1. The summed E-state index contributed by atoms with van der Waals surface area (Å²) in [6.07, 6.45) is 1.72. The standard InChI is InChI=1S/C31H25Br2N3O6S/c1-4-41-30(38)26-18(3)34-31-35(27(26)20-11-10-17(2)24(13-20)36(39)40)29(37)25(43-31)14-21-12-22(32)15-23(33)28(21)42-16-19-8-6-5-7-9-19/h5-15,27H,4,16H2,1-3H3/b25-14+/t27-/m0/s1. The smallest absolute Gasteiger partial charge is 0.338 e. The zero-order valence-corrected chi connectivity index (χ0v) is 27.3. The molecule has 0 N–H and O–H groups in total. The van der Waals surface area contributed by atoms with E-state index < -0.39 is 22.5 Å². The van der Waals surface area contributed by atoms with Gasteiger partial charge in [0.1, 0.15) is 12.4 Å². The summed E-state index contributed by atoms with van der Waals surface area (Å²) in [5, 5.41) is 11.8. The van der Waals surface area contributed by atoms with Gasteiger partial charge >= 0.3 is 5.97 Å². The number of carbonyl (C=O) groups excluding carboxylic acids is 1. The number of hydrogen-bond donors (Lipinski definition) is 0. The van der Waals surface area contributed by atoms with E-state index in [1.165, 1.54) is 10.6 Å². The first-order chi connectivity index (χ1) is 20.6. The van der Waals surface area contributed by atoms with Gasteiger partial charge in [-0.1, -0.05) is 69.7 Å². The van der Waals surface area contributed by atoms with E-state index in [0.717, 1.165) is 21.4 Å². The molecule has 0 fully saturated rings. The van der Waals surface area contributed by atoms with Crippen molar-refractivity contribution in [2.24, 2.45) is 4.99 Å². The third-order valence-electron chi connectivity index (χ3n) is 6.81. The van der Waals surface area contributed by atoms with E-state index in [4.69, 9.17) is 9.47 Å². The lowest BCUT2D eigenvalue weighted by Crippen LogP contribution is -2.40. The molecular weight excluding hydrogens is 702 g/mol. The van der Waals surface area contributed by atoms with Crippen molar-refractivity contribution in [3.05, 3.63) is 133 Å². The van der Waals surface area contributed by atoms with Gasteiger partial charge in [0, 0.05) is 21.7 Å². The van der Waals surface area contributed by atoms with Gasteiger partial charge in [-0.05, 0) is 66.0 Å². The molecule has 1 aliphatic heterocycles. The minimum Gasteiger partial charge on any atom is -0.487 e. The maximum Gasteiger partial charge on any atom is 0.338 e. The summed E-state index contributed by atoms with van der Waals surface area (Å²) < 4.78 is 14.7. The number of nitro benzene ring substituents is 1. The van der Waals surface area contributed by atoms with Gasteiger partial charge in [0.15, 0.2) is 4.80 Å². The van der Waals surface area contributed by atoms with Crippen molar-refractivity contribution in [3.8, 4) is 5.75 Å². The highest BCUT2D eigenvalue weighted by Crippen LogP contribution is 2.35. The second-order valence-corrected chi connectivity index (χ2v) is 12.5. The fourth-order valence-corrected chi connectivity index (χ4v) is 7.22. The lowest BCUT2D eigenvalue weighted by atomic mass is 9.94. The number of ether oxygens (including phenoxy) is 2. The molecule has 1 aliphatic rings. The van der Waals surface area contributed by atoms with E-state index in [1.54, 1.807) is 39.0 Å². The summed E-state index contributed by atoms with van der Waals surface area (Å²) in [6, 6.07) is 17.1. The second kappa shape index (κ2) is 12.8. The molecule has 1 atom stereocenters. The monoisotopic (exact) mass is 725 g/mol. The van der Waals surface area contributed by atoms with E-state index in [1.807, 2.05) is 42.5 Å². The van der Waals surface area contributed by atoms with Crippen LogP contribution in [0, 0.1) is 17.0 Å². The van der Waals surface area contributed by atoms with E-state index in [2.05, 4.69) is 36.9 Å². The van der Waals surface area contributed by atoms with Gasteiger partial charge in [-0.25, -0.2) is 9.79 Å². The zero-order chi connectivity index (χ0) is 30.8. The molecule has 4 aromatic rings. The first-order valence-corrected chi connectivity index (χ1v) is 15.6. The van der Waals surface area contributed by atoms with Crippen LogP contribution in [0.3, 0.4) is 0 Å². The minimum atomic E-state index is -0.972. The van der Waals surface area contributed by atoms with E-state index >= 15 is 0 Å². The van der Waals surface area contributed by atoms with Gasteiger partial charge < -0.3 is 9.47 Å². The maximum absolute atomic E-state index is 14.1. The molecule has 12 heteroatoms. The van der Waals surface area contributed by atoms with Gasteiger partial charge in [0.05, 0.1) is 37.8 Å². The number of halogens is 2. The van der Waals surface area contributed by atoms with E-state index in [0.29, 0.717) is 48.6 Å². The highest BCUT2D eigenvalue weighted by Gasteiger charge is 2.34. The zero-order valence-electron chi connectivity index (χ0n) is 23.3. The summed E-state index contributed by atoms with van der Waals surface area (Å²) >= 11 is 8.27. The number of benzene rings is 3. The number of esters is 1. The van der Waals surface area contributed by atoms with Crippen LogP contribution >= 0.6 is 43.2 Å². The quantitative estimate of drug-likeness (QED) is 0.123. The van der Waals surface area contributed by atoms with Crippen molar-refractivity contribution < 1.29 is 19.2 Å². The molecule has 3 aromatic carbocycles. The molecule has 1 aromatic heterocycles. The van der Waals surface area contributed by atoms with Gasteiger partial charge in [0.2, 0.25) is 0 Å². The maximum atomic E-state index is 14.1. The summed E-state index contributed by atoms with van der Waals surface area (Å²) in [7, 11) is 0. The predicted molar refractivity (Wildman–Crippen MR) is 171 cm³/mol. The van der Waals surface area contributed by atoms with Gasteiger partial charge in [0.25, 0.3) is 11.2 Å². The number of aryl methyl sites for hydroxylation is 1. The van der Waals surface area contributed by atoms with Gasteiger partial charge in [-0.15, -0.1) is 0 Å². The van der Waals surface area contributed by atoms with Crippen molar-refractivity contribution in [2.75, 3.05) is 6.61 Å². The Kier molecular flexibility index (Phi) is 9.09. The first-order valence-electron chi connectivity index (χ1n) is 13.2. The Morgan fingerprint density at radius 2 is 1.88 bits per heavy atom. The van der Waals surface area contributed by atoms with Gasteiger partial charge in [-0.3, -0.25) is 19.5 Å². The molecule has 9 nitrogen and oxygen atoms in total. The molecule has 0 saturated carbocycles. The largest absolute Gasteiger partial charge is 0.487 e. The minimum absolute atomic E-state index is 0.114. The molecular formula is C31H25Br2N3O6S. The Morgan fingerprint density at radius 1 is 1.14 bits per heavy atom. The molecule has 2 heterocycles. The molecule has 0 saturated heterocycles. The Morgan fingerprint density at radius 3 is 2.58 bits per heavy atom. The molecule has 0 aliphatic carbocycles. The Bertz CT molecular complexity index is 1970. The normalized spacial score (nSPS) is 14.7.